The number of hydrogen-bond acceptors (Lipinski definition) is 6. The van der Waals surface area contributed by atoms with Gasteiger partial charge in [0.05, 0.1) is 18.9 Å². The largest absolute Gasteiger partial charge is 0.378 e. The van der Waals surface area contributed by atoms with Crippen molar-refractivity contribution in [2.24, 2.45) is 0 Å². The molecule has 2 heterocycles. The maximum atomic E-state index is 15.8. The third-order valence-corrected chi connectivity index (χ3v) is 8.67. The van der Waals surface area contributed by atoms with E-state index < -0.39 is 5.54 Å². The summed E-state index contributed by atoms with van der Waals surface area (Å²) in [5, 5.41) is 13.3. The Balaban J connectivity index is 1.53. The van der Waals surface area contributed by atoms with Crippen LogP contribution in [0.3, 0.4) is 0 Å². The summed E-state index contributed by atoms with van der Waals surface area (Å²) < 4.78 is 21.3. The Morgan fingerprint density at radius 1 is 0.864 bits per heavy atom. The van der Waals surface area contributed by atoms with Crippen molar-refractivity contribution in [3.05, 3.63) is 161 Å². The molecule has 0 saturated carbocycles. The Hall–Kier alpha value is -4.46. The van der Waals surface area contributed by atoms with E-state index in [9.17, 15) is 5.41 Å². The van der Waals surface area contributed by atoms with Gasteiger partial charge in [0.25, 0.3) is 0 Å². The van der Waals surface area contributed by atoms with Crippen LogP contribution >= 0.6 is 11.8 Å². The molecule has 5 nitrogen and oxygen atoms in total. The maximum absolute atomic E-state index is 15.8. The molecule has 5 aromatic rings. The number of morpholine rings is 1. The van der Waals surface area contributed by atoms with Gasteiger partial charge in [0.2, 0.25) is 0 Å². The Kier molecular flexibility index (Phi) is 9.05. The monoisotopic (exact) mass is 602 g/mol. The van der Waals surface area contributed by atoms with Crippen molar-refractivity contribution in [2.45, 2.75) is 11.3 Å². The van der Waals surface area contributed by atoms with Crippen LogP contribution in [0.4, 0.5) is 15.9 Å². The molecule has 4 aromatic carbocycles. The second kappa shape index (κ2) is 13.5. The Labute approximate surface area is 262 Å². The number of halogens is 1. The summed E-state index contributed by atoms with van der Waals surface area (Å²) in [4.78, 5) is 6.77. The van der Waals surface area contributed by atoms with Crippen LogP contribution in [0, 0.1) is 11.2 Å². The van der Waals surface area contributed by atoms with Gasteiger partial charge in [-0.3, -0.25) is 5.41 Å². The number of ether oxygens (including phenoxy) is 1. The molecule has 0 bridgehead atoms. The van der Waals surface area contributed by atoms with Crippen molar-refractivity contribution >= 4 is 29.0 Å². The summed E-state index contributed by atoms with van der Waals surface area (Å²) in [6.07, 6.45) is 3.70. The molecule has 0 unspecified atom stereocenters. The molecule has 0 radical (unpaired) electrons. The van der Waals surface area contributed by atoms with E-state index in [1.165, 1.54) is 0 Å². The molecule has 1 aliphatic heterocycles. The molecule has 6 rings (SSSR count). The van der Waals surface area contributed by atoms with Crippen molar-refractivity contribution < 1.29 is 9.13 Å². The van der Waals surface area contributed by atoms with Crippen molar-refractivity contribution in [2.75, 3.05) is 42.8 Å². The summed E-state index contributed by atoms with van der Waals surface area (Å²) >= 11 is 1.56. The highest BCUT2D eigenvalue weighted by Gasteiger charge is 2.37. The van der Waals surface area contributed by atoms with Crippen molar-refractivity contribution in [3.8, 4) is 0 Å². The molecule has 0 spiro atoms. The van der Waals surface area contributed by atoms with Crippen molar-refractivity contribution in [3.63, 3.8) is 0 Å². The fourth-order valence-electron chi connectivity index (χ4n) is 5.87. The maximum Gasteiger partial charge on any atom is 0.129 e. The first kappa shape index (κ1) is 29.6. The minimum absolute atomic E-state index is 0.301. The number of pyridine rings is 1. The second-order valence-corrected chi connectivity index (χ2v) is 11.6. The van der Waals surface area contributed by atoms with Crippen LogP contribution in [-0.2, 0) is 16.0 Å². The van der Waals surface area contributed by atoms with Crippen LogP contribution in [0.5, 0.6) is 0 Å². The lowest BCUT2D eigenvalue weighted by Crippen LogP contribution is -2.38. The van der Waals surface area contributed by atoms with Crippen LogP contribution in [-0.4, -0.2) is 43.3 Å². The van der Waals surface area contributed by atoms with Gasteiger partial charge in [-0.1, -0.05) is 91.0 Å². The standard InChI is InChI=1S/C37H35FN4OS/c1-44-26-28-23-32(36(39)27-17-18-40-35(24-27)42-19-21-43-22-20-42)34(25-33(28)38)41-37(29-11-5-2-6-12-29,30-13-7-3-8-14-30)31-15-9-4-10-16-31/h2-18,23-25,39,41H,19-22,26H2,1H3. The molecule has 7 heteroatoms. The average Bonchev–Trinajstić information content (AvgIpc) is 3.09. The predicted molar refractivity (Wildman–Crippen MR) is 180 cm³/mol. The number of thioether (sulfide) groups is 1. The van der Waals surface area contributed by atoms with Gasteiger partial charge in [-0.05, 0) is 52.8 Å². The van der Waals surface area contributed by atoms with E-state index in [1.807, 2.05) is 79.1 Å². The Bertz CT molecular complexity index is 1610. The minimum atomic E-state index is -0.872. The highest BCUT2D eigenvalue weighted by atomic mass is 32.2. The van der Waals surface area contributed by atoms with Gasteiger partial charge < -0.3 is 15.0 Å². The number of rotatable bonds is 10. The smallest absolute Gasteiger partial charge is 0.129 e. The third-order valence-electron chi connectivity index (χ3n) is 8.07. The predicted octanol–water partition coefficient (Wildman–Crippen LogP) is 7.74. The highest BCUT2D eigenvalue weighted by molar-refractivity contribution is 7.97. The average molecular weight is 603 g/mol. The number of anilines is 2. The van der Waals surface area contributed by atoms with Gasteiger partial charge in [-0.2, -0.15) is 11.8 Å². The highest BCUT2D eigenvalue weighted by Crippen LogP contribution is 2.41. The SMILES string of the molecule is CSCc1cc(C(=N)c2ccnc(N3CCOCC3)c2)c(NC(c2ccccc2)(c2ccccc2)c2ccccc2)cc1F. The van der Waals surface area contributed by atoms with E-state index in [4.69, 9.17) is 4.74 Å². The molecule has 1 aliphatic rings. The van der Waals surface area contributed by atoms with Gasteiger partial charge in [0.1, 0.15) is 17.2 Å². The van der Waals surface area contributed by atoms with Gasteiger partial charge in [-0.25, -0.2) is 9.37 Å². The molecule has 1 fully saturated rings. The zero-order valence-electron chi connectivity index (χ0n) is 24.7. The first-order valence-electron chi connectivity index (χ1n) is 14.7. The lowest BCUT2D eigenvalue weighted by Gasteiger charge is -2.38. The molecule has 0 amide bonds. The zero-order valence-corrected chi connectivity index (χ0v) is 25.5. The van der Waals surface area contributed by atoms with Gasteiger partial charge >= 0.3 is 0 Å². The van der Waals surface area contributed by atoms with Crippen molar-refractivity contribution in [1.29, 1.82) is 5.41 Å². The van der Waals surface area contributed by atoms with Crippen LogP contribution in [0.1, 0.15) is 33.4 Å². The number of hydrogen-bond donors (Lipinski definition) is 2. The quantitative estimate of drug-likeness (QED) is 0.127. The number of nitrogens with zero attached hydrogens (tertiary/aromatic N) is 2. The fourth-order valence-corrected chi connectivity index (χ4v) is 6.40. The van der Waals surface area contributed by atoms with E-state index in [0.717, 1.165) is 41.2 Å². The van der Waals surface area contributed by atoms with Gasteiger partial charge in [-0.15, -0.1) is 0 Å². The normalized spacial score (nSPS) is 13.5. The molecule has 222 valence electrons. The van der Waals surface area contributed by atoms with Crippen LogP contribution in [0.15, 0.2) is 121 Å². The van der Waals surface area contributed by atoms with E-state index >= 15 is 4.39 Å². The first-order valence-corrected chi connectivity index (χ1v) is 16.1. The molecule has 0 aliphatic carbocycles. The first-order chi connectivity index (χ1) is 21.6. The van der Waals surface area contributed by atoms with Crippen LogP contribution < -0.4 is 10.2 Å². The summed E-state index contributed by atoms with van der Waals surface area (Å²) in [5.74, 6) is 1.01. The molecule has 1 aromatic heterocycles. The fraction of sp³-hybridized carbons (Fsp3) is 0.189. The number of benzene rings is 4. The molecule has 1 saturated heterocycles. The van der Waals surface area contributed by atoms with E-state index in [1.54, 1.807) is 24.0 Å². The lowest BCUT2D eigenvalue weighted by atomic mass is 9.76. The number of aromatic nitrogens is 1. The Morgan fingerprint density at radius 3 is 1.98 bits per heavy atom. The second-order valence-electron chi connectivity index (χ2n) is 10.8. The summed E-state index contributed by atoms with van der Waals surface area (Å²) in [5.41, 5.74) is 4.89. The molecular formula is C37H35FN4OS. The summed E-state index contributed by atoms with van der Waals surface area (Å²) in [6, 6.07) is 37.9. The van der Waals surface area contributed by atoms with Crippen molar-refractivity contribution in [1.82, 2.24) is 4.98 Å². The lowest BCUT2D eigenvalue weighted by molar-refractivity contribution is 0.122. The molecule has 0 atom stereocenters. The molecule has 2 N–H and O–H groups in total. The number of nitrogens with one attached hydrogen (secondary N) is 2. The minimum Gasteiger partial charge on any atom is -0.378 e. The van der Waals surface area contributed by atoms with Crippen LogP contribution in [0.25, 0.3) is 0 Å². The summed E-state index contributed by atoms with van der Waals surface area (Å²) in [7, 11) is 0. The van der Waals surface area contributed by atoms with Gasteiger partial charge in [0, 0.05) is 41.9 Å². The van der Waals surface area contributed by atoms with E-state index in [-0.39, 0.29) is 5.82 Å². The van der Waals surface area contributed by atoms with Gasteiger partial charge in [0.15, 0.2) is 0 Å². The third kappa shape index (κ3) is 5.98. The molecule has 44 heavy (non-hydrogen) atoms. The Morgan fingerprint density at radius 2 is 1.43 bits per heavy atom. The summed E-state index contributed by atoms with van der Waals surface area (Å²) in [6.45, 7) is 2.79. The topological polar surface area (TPSA) is 61.2 Å². The van der Waals surface area contributed by atoms with Crippen LogP contribution in [0.2, 0.25) is 0 Å². The van der Waals surface area contributed by atoms with E-state index in [2.05, 4.69) is 51.6 Å². The van der Waals surface area contributed by atoms with E-state index in [0.29, 0.717) is 41.5 Å². The molecular weight excluding hydrogens is 567 g/mol. The zero-order chi connectivity index (χ0) is 30.4.